The van der Waals surface area contributed by atoms with E-state index in [1.165, 1.54) is 0 Å². The van der Waals surface area contributed by atoms with Crippen LogP contribution in [0, 0.1) is 0 Å². The van der Waals surface area contributed by atoms with Gasteiger partial charge in [0.1, 0.15) is 0 Å². The summed E-state index contributed by atoms with van der Waals surface area (Å²) in [6, 6.07) is 0. The lowest BCUT2D eigenvalue weighted by Crippen LogP contribution is -2.48. The van der Waals surface area contributed by atoms with Gasteiger partial charge in [-0.05, 0) is 26.1 Å². The van der Waals surface area contributed by atoms with Crippen molar-refractivity contribution in [3.8, 4) is 0 Å². The summed E-state index contributed by atoms with van der Waals surface area (Å²) < 4.78 is 5.15. The summed E-state index contributed by atoms with van der Waals surface area (Å²) in [5.74, 6) is -0.937. The lowest BCUT2D eigenvalue weighted by Gasteiger charge is -2.26. The molecular formula is C13H25N3O3. The van der Waals surface area contributed by atoms with Crippen molar-refractivity contribution in [2.45, 2.75) is 20.3 Å². The number of morpholine rings is 1. The van der Waals surface area contributed by atoms with E-state index in [4.69, 9.17) is 4.74 Å². The second-order valence-corrected chi connectivity index (χ2v) is 4.54. The van der Waals surface area contributed by atoms with Gasteiger partial charge in [0.05, 0.1) is 13.2 Å². The van der Waals surface area contributed by atoms with Crippen molar-refractivity contribution in [2.75, 3.05) is 52.5 Å². The normalized spacial score (nSPS) is 15.6. The van der Waals surface area contributed by atoms with Gasteiger partial charge in [-0.2, -0.15) is 0 Å². The molecule has 1 aliphatic rings. The molecule has 0 saturated carbocycles. The van der Waals surface area contributed by atoms with Crippen molar-refractivity contribution >= 4 is 11.8 Å². The lowest BCUT2D eigenvalue weighted by atomic mass is 10.3. The predicted octanol–water partition coefficient (Wildman–Crippen LogP) is -0.307. The molecule has 2 amide bonds. The fourth-order valence-corrected chi connectivity index (χ4v) is 2.03. The van der Waals surface area contributed by atoms with E-state index in [1.807, 2.05) is 0 Å². The van der Waals surface area contributed by atoms with Gasteiger partial charge in [0.2, 0.25) is 0 Å². The number of hydrogen-bond donors (Lipinski definition) is 1. The Morgan fingerprint density at radius 2 is 1.84 bits per heavy atom. The highest BCUT2D eigenvalue weighted by Gasteiger charge is 2.22. The van der Waals surface area contributed by atoms with E-state index >= 15 is 0 Å². The third-order valence-corrected chi connectivity index (χ3v) is 3.32. The molecule has 110 valence electrons. The Balaban J connectivity index is 2.17. The lowest BCUT2D eigenvalue weighted by molar-refractivity contribution is -0.148. The molecule has 0 aliphatic carbocycles. The summed E-state index contributed by atoms with van der Waals surface area (Å²) in [7, 11) is 0. The number of ether oxygens (including phenoxy) is 1. The molecule has 0 aromatic heterocycles. The molecule has 1 rings (SSSR count). The summed E-state index contributed by atoms with van der Waals surface area (Å²) >= 11 is 0. The maximum Gasteiger partial charge on any atom is 0.312 e. The molecule has 1 heterocycles. The number of nitrogens with one attached hydrogen (secondary N) is 1. The first-order chi connectivity index (χ1) is 9.19. The van der Waals surface area contributed by atoms with Gasteiger partial charge in [0, 0.05) is 19.6 Å². The van der Waals surface area contributed by atoms with E-state index in [1.54, 1.807) is 4.90 Å². The van der Waals surface area contributed by atoms with Crippen LogP contribution in [0.4, 0.5) is 0 Å². The maximum atomic E-state index is 11.8. The molecule has 0 aromatic rings. The van der Waals surface area contributed by atoms with Gasteiger partial charge in [-0.1, -0.05) is 13.8 Å². The number of rotatable bonds is 6. The minimum Gasteiger partial charge on any atom is -0.378 e. The molecule has 0 aromatic carbocycles. The van der Waals surface area contributed by atoms with Crippen LogP contribution in [0.2, 0.25) is 0 Å². The summed E-state index contributed by atoms with van der Waals surface area (Å²) in [6.07, 6.45) is 0.865. The third-order valence-electron chi connectivity index (χ3n) is 3.32. The summed E-state index contributed by atoms with van der Waals surface area (Å²) in [5.41, 5.74) is 0. The SMILES string of the molecule is CCN(CC)CCCNC(=O)C(=O)N1CCOCC1. The molecule has 1 aliphatic heterocycles. The highest BCUT2D eigenvalue weighted by molar-refractivity contribution is 6.35. The second-order valence-electron chi connectivity index (χ2n) is 4.54. The van der Waals surface area contributed by atoms with E-state index in [9.17, 15) is 9.59 Å². The molecule has 0 radical (unpaired) electrons. The molecule has 0 bridgehead atoms. The van der Waals surface area contributed by atoms with Crippen LogP contribution in [-0.4, -0.2) is 74.1 Å². The van der Waals surface area contributed by atoms with Gasteiger partial charge in [-0.25, -0.2) is 0 Å². The first-order valence-electron chi connectivity index (χ1n) is 7.06. The van der Waals surface area contributed by atoms with Crippen LogP contribution in [0.25, 0.3) is 0 Å². The van der Waals surface area contributed by atoms with Gasteiger partial charge in [0.15, 0.2) is 0 Å². The number of amides is 2. The van der Waals surface area contributed by atoms with Crippen LogP contribution < -0.4 is 5.32 Å². The zero-order valence-corrected chi connectivity index (χ0v) is 12.0. The van der Waals surface area contributed by atoms with Crippen LogP contribution in [0.3, 0.4) is 0 Å². The largest absolute Gasteiger partial charge is 0.378 e. The zero-order chi connectivity index (χ0) is 14.1. The first-order valence-corrected chi connectivity index (χ1v) is 7.06. The van der Waals surface area contributed by atoms with Crippen molar-refractivity contribution in [3.05, 3.63) is 0 Å². The average molecular weight is 271 g/mol. The summed E-state index contributed by atoms with van der Waals surface area (Å²) in [5, 5.41) is 2.69. The molecule has 1 N–H and O–H groups in total. The van der Waals surface area contributed by atoms with Crippen molar-refractivity contribution in [1.29, 1.82) is 0 Å². The van der Waals surface area contributed by atoms with Gasteiger partial charge in [-0.3, -0.25) is 9.59 Å². The van der Waals surface area contributed by atoms with Crippen LogP contribution in [0.5, 0.6) is 0 Å². The Morgan fingerprint density at radius 1 is 1.21 bits per heavy atom. The highest BCUT2D eigenvalue weighted by Crippen LogP contribution is 1.97. The van der Waals surface area contributed by atoms with E-state index < -0.39 is 11.8 Å². The van der Waals surface area contributed by atoms with Crippen LogP contribution in [-0.2, 0) is 14.3 Å². The molecule has 6 nitrogen and oxygen atoms in total. The zero-order valence-electron chi connectivity index (χ0n) is 12.0. The van der Waals surface area contributed by atoms with E-state index in [0.717, 1.165) is 26.1 Å². The van der Waals surface area contributed by atoms with Crippen LogP contribution in [0.1, 0.15) is 20.3 Å². The highest BCUT2D eigenvalue weighted by atomic mass is 16.5. The van der Waals surface area contributed by atoms with Gasteiger partial charge in [0.25, 0.3) is 0 Å². The summed E-state index contributed by atoms with van der Waals surface area (Å²) in [6.45, 7) is 9.78. The monoisotopic (exact) mass is 271 g/mol. The number of hydrogen-bond acceptors (Lipinski definition) is 4. The Labute approximate surface area is 115 Å². The van der Waals surface area contributed by atoms with Crippen molar-refractivity contribution in [2.24, 2.45) is 0 Å². The molecule has 6 heteroatoms. The van der Waals surface area contributed by atoms with Crippen molar-refractivity contribution in [1.82, 2.24) is 15.1 Å². The van der Waals surface area contributed by atoms with Crippen LogP contribution in [0.15, 0.2) is 0 Å². The standard InChI is InChI=1S/C13H25N3O3/c1-3-15(4-2)7-5-6-14-12(17)13(18)16-8-10-19-11-9-16/h3-11H2,1-2H3,(H,14,17). The summed E-state index contributed by atoms with van der Waals surface area (Å²) in [4.78, 5) is 27.3. The Morgan fingerprint density at radius 3 is 2.42 bits per heavy atom. The number of nitrogens with zero attached hydrogens (tertiary/aromatic N) is 2. The Kier molecular flexibility index (Phi) is 7.43. The van der Waals surface area contributed by atoms with E-state index in [0.29, 0.717) is 32.8 Å². The van der Waals surface area contributed by atoms with Gasteiger partial charge < -0.3 is 19.9 Å². The molecule has 0 unspecified atom stereocenters. The first kappa shape index (κ1) is 15.9. The number of carbonyl (C=O) groups is 2. The van der Waals surface area contributed by atoms with E-state index in [2.05, 4.69) is 24.1 Å². The molecule has 0 spiro atoms. The van der Waals surface area contributed by atoms with Gasteiger partial charge >= 0.3 is 11.8 Å². The number of carbonyl (C=O) groups excluding carboxylic acids is 2. The van der Waals surface area contributed by atoms with E-state index in [-0.39, 0.29) is 0 Å². The average Bonchev–Trinajstić information content (AvgIpc) is 2.47. The minimum atomic E-state index is -0.499. The Bertz CT molecular complexity index is 287. The quantitative estimate of drug-likeness (QED) is 0.532. The van der Waals surface area contributed by atoms with Crippen molar-refractivity contribution < 1.29 is 14.3 Å². The molecule has 1 saturated heterocycles. The molecule has 1 fully saturated rings. The van der Waals surface area contributed by atoms with Crippen molar-refractivity contribution in [3.63, 3.8) is 0 Å². The fourth-order valence-electron chi connectivity index (χ4n) is 2.03. The van der Waals surface area contributed by atoms with Gasteiger partial charge in [-0.15, -0.1) is 0 Å². The van der Waals surface area contributed by atoms with Crippen LogP contribution >= 0.6 is 0 Å². The topological polar surface area (TPSA) is 61.9 Å². The smallest absolute Gasteiger partial charge is 0.312 e. The Hall–Kier alpha value is -1.14. The predicted molar refractivity (Wildman–Crippen MR) is 72.8 cm³/mol. The molecule has 0 atom stereocenters. The third kappa shape index (κ3) is 5.57. The minimum absolute atomic E-state index is 0.439. The molecular weight excluding hydrogens is 246 g/mol. The maximum absolute atomic E-state index is 11.8. The fraction of sp³-hybridized carbons (Fsp3) is 0.846. The second kappa shape index (κ2) is 8.87. The molecule has 19 heavy (non-hydrogen) atoms.